The van der Waals surface area contributed by atoms with Crippen LogP contribution in [0.2, 0.25) is 0 Å². The molecule has 1 heteroatoms. The zero-order chi connectivity index (χ0) is 20.8. The first-order valence-electron chi connectivity index (χ1n) is 13.2. The van der Waals surface area contributed by atoms with Gasteiger partial charge in [-0.15, -0.1) is 0 Å². The number of aliphatic hydroxyl groups excluding tert-OH is 1. The molecule has 0 spiro atoms. The number of rotatable bonds is 6. The maximum absolute atomic E-state index is 10.2. The lowest BCUT2D eigenvalue weighted by atomic mass is 9.47. The molecule has 0 aromatic rings. The maximum Gasteiger partial charge on any atom is 0.0577 e. The molecule has 29 heavy (non-hydrogen) atoms. The highest BCUT2D eigenvalue weighted by atomic mass is 16.3. The van der Waals surface area contributed by atoms with Gasteiger partial charge in [-0.25, -0.2) is 0 Å². The van der Waals surface area contributed by atoms with Crippen LogP contribution in [-0.4, -0.2) is 11.2 Å². The fourth-order valence-electron chi connectivity index (χ4n) is 8.93. The van der Waals surface area contributed by atoms with Gasteiger partial charge in [-0.3, -0.25) is 0 Å². The van der Waals surface area contributed by atoms with Crippen molar-refractivity contribution in [2.24, 2.45) is 46.3 Å². The van der Waals surface area contributed by atoms with Crippen LogP contribution in [0.3, 0.4) is 0 Å². The molecule has 3 saturated carbocycles. The second kappa shape index (κ2) is 8.33. The average Bonchev–Trinajstić information content (AvgIpc) is 3.03. The van der Waals surface area contributed by atoms with E-state index in [1.54, 1.807) is 5.57 Å². The third-order valence-corrected chi connectivity index (χ3v) is 10.6. The Morgan fingerprint density at radius 1 is 1.03 bits per heavy atom. The fraction of sp³-hybridized carbons (Fsp3) is 0.929. The number of fused-ring (bicyclic) bond motifs is 5. The first-order valence-corrected chi connectivity index (χ1v) is 13.2. The third kappa shape index (κ3) is 3.77. The lowest BCUT2D eigenvalue weighted by Crippen LogP contribution is -2.50. The van der Waals surface area contributed by atoms with Crippen LogP contribution < -0.4 is 0 Å². The highest BCUT2D eigenvalue weighted by Gasteiger charge is 2.59. The van der Waals surface area contributed by atoms with Crippen LogP contribution >= 0.6 is 0 Å². The predicted octanol–water partition coefficient (Wildman–Crippen LogP) is 7.78. The summed E-state index contributed by atoms with van der Waals surface area (Å²) in [6, 6.07) is 0. The minimum absolute atomic E-state index is 0.0771. The normalized spacial score (nSPS) is 45.3. The van der Waals surface area contributed by atoms with Gasteiger partial charge in [-0.05, 0) is 97.7 Å². The van der Waals surface area contributed by atoms with Crippen LogP contribution in [0.4, 0.5) is 0 Å². The molecule has 0 aromatic carbocycles. The summed E-state index contributed by atoms with van der Waals surface area (Å²) in [6.07, 6.45) is 18.6. The van der Waals surface area contributed by atoms with Crippen LogP contribution in [0.25, 0.3) is 0 Å². The molecule has 4 rings (SSSR count). The number of aliphatic hydroxyl groups is 1. The highest BCUT2D eigenvalue weighted by Crippen LogP contribution is 2.67. The molecule has 166 valence electrons. The van der Waals surface area contributed by atoms with Crippen molar-refractivity contribution in [2.75, 3.05) is 0 Å². The Morgan fingerprint density at radius 3 is 2.55 bits per heavy atom. The molecule has 0 bridgehead atoms. The molecule has 3 fully saturated rings. The molecule has 0 aromatic heterocycles. The summed E-state index contributed by atoms with van der Waals surface area (Å²) >= 11 is 0. The van der Waals surface area contributed by atoms with E-state index in [1.807, 2.05) is 0 Å². The minimum Gasteiger partial charge on any atom is -0.393 e. The summed E-state index contributed by atoms with van der Waals surface area (Å²) in [5.41, 5.74) is 2.61. The van der Waals surface area contributed by atoms with Crippen molar-refractivity contribution in [3.05, 3.63) is 11.6 Å². The lowest BCUT2D eigenvalue weighted by molar-refractivity contribution is -0.0588. The van der Waals surface area contributed by atoms with Gasteiger partial charge < -0.3 is 5.11 Å². The summed E-state index contributed by atoms with van der Waals surface area (Å²) in [5, 5.41) is 10.2. The molecule has 0 saturated heterocycles. The van der Waals surface area contributed by atoms with E-state index in [9.17, 15) is 5.11 Å². The summed E-state index contributed by atoms with van der Waals surface area (Å²) in [5.74, 6) is 5.52. The largest absolute Gasteiger partial charge is 0.393 e. The van der Waals surface area contributed by atoms with E-state index in [4.69, 9.17) is 0 Å². The summed E-state index contributed by atoms with van der Waals surface area (Å²) in [7, 11) is 0. The third-order valence-electron chi connectivity index (χ3n) is 10.6. The van der Waals surface area contributed by atoms with Crippen molar-refractivity contribution >= 4 is 0 Å². The van der Waals surface area contributed by atoms with Gasteiger partial charge in [0.2, 0.25) is 0 Å². The van der Waals surface area contributed by atoms with Crippen molar-refractivity contribution < 1.29 is 5.11 Å². The molecule has 0 aliphatic heterocycles. The topological polar surface area (TPSA) is 20.2 Å². The van der Waals surface area contributed by atoms with Crippen LogP contribution in [-0.2, 0) is 0 Å². The maximum atomic E-state index is 10.2. The molecule has 0 radical (unpaired) electrons. The Balaban J connectivity index is 1.51. The van der Waals surface area contributed by atoms with Crippen LogP contribution in [0, 0.1) is 46.3 Å². The average molecular weight is 401 g/mol. The van der Waals surface area contributed by atoms with Crippen molar-refractivity contribution in [1.29, 1.82) is 0 Å². The molecule has 4 aliphatic rings. The van der Waals surface area contributed by atoms with E-state index in [-0.39, 0.29) is 6.10 Å². The van der Waals surface area contributed by atoms with E-state index < -0.39 is 0 Å². The molecule has 8 atom stereocenters. The monoisotopic (exact) mass is 400 g/mol. The molecule has 0 amide bonds. The van der Waals surface area contributed by atoms with E-state index >= 15 is 0 Å². The van der Waals surface area contributed by atoms with E-state index in [0.717, 1.165) is 48.3 Å². The van der Waals surface area contributed by atoms with Crippen molar-refractivity contribution in [2.45, 2.75) is 118 Å². The SMILES string of the molecule is CCC(CCCC(C)C)C1CCC2C3CC=C4CC(O)CCC4(C)C3CCC12C. The van der Waals surface area contributed by atoms with Gasteiger partial charge >= 0.3 is 0 Å². The van der Waals surface area contributed by atoms with E-state index in [0.29, 0.717) is 10.8 Å². The van der Waals surface area contributed by atoms with Crippen molar-refractivity contribution in [3.8, 4) is 0 Å². The first kappa shape index (κ1) is 21.9. The molecule has 1 N–H and O–H groups in total. The predicted molar refractivity (Wildman–Crippen MR) is 124 cm³/mol. The fourth-order valence-corrected chi connectivity index (χ4v) is 8.93. The Hall–Kier alpha value is -0.300. The molecule has 0 heterocycles. The minimum atomic E-state index is -0.0771. The molecule has 8 unspecified atom stereocenters. The number of hydrogen-bond acceptors (Lipinski definition) is 1. The van der Waals surface area contributed by atoms with Crippen LogP contribution in [0.1, 0.15) is 112 Å². The van der Waals surface area contributed by atoms with Crippen molar-refractivity contribution in [3.63, 3.8) is 0 Å². The first-order chi connectivity index (χ1) is 13.8. The zero-order valence-electron chi connectivity index (χ0n) is 20.1. The van der Waals surface area contributed by atoms with Crippen molar-refractivity contribution in [1.82, 2.24) is 0 Å². The number of hydrogen-bond donors (Lipinski definition) is 1. The zero-order valence-corrected chi connectivity index (χ0v) is 20.1. The second-order valence-corrected chi connectivity index (χ2v) is 12.4. The van der Waals surface area contributed by atoms with Crippen LogP contribution in [0.5, 0.6) is 0 Å². The van der Waals surface area contributed by atoms with Gasteiger partial charge in [0.05, 0.1) is 6.10 Å². The number of allylic oxidation sites excluding steroid dienone is 1. The molecule has 4 aliphatic carbocycles. The Labute approximate surface area is 181 Å². The summed E-state index contributed by atoms with van der Waals surface area (Å²) in [6.45, 7) is 12.5. The van der Waals surface area contributed by atoms with Gasteiger partial charge in [0.1, 0.15) is 0 Å². The van der Waals surface area contributed by atoms with E-state index in [2.05, 4.69) is 40.7 Å². The lowest BCUT2D eigenvalue weighted by Gasteiger charge is -2.58. The Morgan fingerprint density at radius 2 is 1.83 bits per heavy atom. The van der Waals surface area contributed by atoms with Gasteiger partial charge in [0, 0.05) is 0 Å². The summed E-state index contributed by atoms with van der Waals surface area (Å²) < 4.78 is 0. The second-order valence-electron chi connectivity index (χ2n) is 12.4. The summed E-state index contributed by atoms with van der Waals surface area (Å²) in [4.78, 5) is 0. The molecular formula is C28H48O. The quantitative estimate of drug-likeness (QED) is 0.451. The van der Waals surface area contributed by atoms with Gasteiger partial charge in [0.15, 0.2) is 0 Å². The van der Waals surface area contributed by atoms with E-state index in [1.165, 1.54) is 64.2 Å². The van der Waals surface area contributed by atoms with Crippen LogP contribution in [0.15, 0.2) is 11.6 Å². The Bertz CT molecular complexity index is 605. The van der Waals surface area contributed by atoms with Gasteiger partial charge in [0.25, 0.3) is 0 Å². The highest BCUT2D eigenvalue weighted by molar-refractivity contribution is 5.25. The molecule has 1 nitrogen and oxygen atoms in total. The Kier molecular flexibility index (Phi) is 6.29. The van der Waals surface area contributed by atoms with Gasteiger partial charge in [-0.2, -0.15) is 0 Å². The molecular weight excluding hydrogens is 352 g/mol. The van der Waals surface area contributed by atoms with Gasteiger partial charge in [-0.1, -0.05) is 72.0 Å². The standard InChI is InChI=1S/C28H48O/c1-6-20(9-7-8-19(2)3)24-12-13-25-23-11-10-21-18-22(29)14-16-27(21,4)26(23)15-17-28(24,25)5/h10,19-20,22-26,29H,6-9,11-18H2,1-5H3. The smallest absolute Gasteiger partial charge is 0.0577 e.